The Bertz CT molecular complexity index is 444. The zero-order valence-corrected chi connectivity index (χ0v) is 11.0. The average Bonchev–Trinajstić information content (AvgIpc) is 2.48. The minimum atomic E-state index is -0.634. The highest BCUT2D eigenvalue weighted by atomic mass is 16.5. The van der Waals surface area contributed by atoms with Gasteiger partial charge in [-0.3, -0.25) is 4.79 Å². The van der Waals surface area contributed by atoms with Crippen LogP contribution in [-0.4, -0.2) is 18.5 Å². The maximum atomic E-state index is 12.1. The van der Waals surface area contributed by atoms with Crippen LogP contribution in [0.1, 0.15) is 43.6 Å². The fraction of sp³-hybridized carbons (Fsp3) is 0.500. The number of nitrogens with zero attached hydrogens (tertiary/aromatic N) is 1. The van der Waals surface area contributed by atoms with Crippen LogP contribution in [0.5, 0.6) is 0 Å². The average molecular weight is 257 g/mol. The van der Waals surface area contributed by atoms with E-state index in [1.54, 1.807) is 0 Å². The van der Waals surface area contributed by atoms with Crippen LogP contribution in [0.4, 0.5) is 0 Å². The van der Waals surface area contributed by atoms with E-state index >= 15 is 0 Å². The molecule has 1 aromatic rings. The summed E-state index contributed by atoms with van der Waals surface area (Å²) in [5.74, 6) is -0.632. The smallest absolute Gasteiger partial charge is 0.154 e. The molecule has 0 aliphatic carbocycles. The third kappa shape index (κ3) is 3.90. The Morgan fingerprint density at radius 1 is 1.37 bits per heavy atom. The molecule has 1 aliphatic rings. The Morgan fingerprint density at radius 3 is 2.79 bits per heavy atom. The lowest BCUT2D eigenvalue weighted by Crippen LogP contribution is -2.21. The van der Waals surface area contributed by atoms with Crippen LogP contribution in [0.25, 0.3) is 0 Å². The van der Waals surface area contributed by atoms with Crippen molar-refractivity contribution in [1.29, 1.82) is 5.26 Å². The van der Waals surface area contributed by atoms with Crippen molar-refractivity contribution in [3.63, 3.8) is 0 Å². The molecule has 0 spiro atoms. The standard InChI is InChI=1S/C16H19NO2/c17-12-15(13-6-2-1-3-7-13)16(18)10-9-14-8-4-5-11-19-14/h1-3,6-7,14-15H,4-5,8-11H2. The van der Waals surface area contributed by atoms with Gasteiger partial charge in [-0.25, -0.2) is 0 Å². The molecule has 0 N–H and O–H groups in total. The van der Waals surface area contributed by atoms with Crippen LogP contribution in [0.2, 0.25) is 0 Å². The molecule has 2 rings (SSSR count). The van der Waals surface area contributed by atoms with Gasteiger partial charge in [0.1, 0.15) is 5.92 Å². The molecule has 19 heavy (non-hydrogen) atoms. The van der Waals surface area contributed by atoms with Gasteiger partial charge < -0.3 is 4.74 Å². The minimum absolute atomic E-state index is 0.00266. The number of rotatable bonds is 5. The minimum Gasteiger partial charge on any atom is -0.378 e. The Labute approximate surface area is 114 Å². The van der Waals surface area contributed by atoms with Crippen LogP contribution in [-0.2, 0) is 9.53 Å². The van der Waals surface area contributed by atoms with Crippen molar-refractivity contribution in [2.45, 2.75) is 44.1 Å². The summed E-state index contributed by atoms with van der Waals surface area (Å²) in [5.41, 5.74) is 0.791. The number of carbonyl (C=O) groups is 1. The van der Waals surface area contributed by atoms with Gasteiger partial charge in [-0.1, -0.05) is 30.3 Å². The molecule has 0 aromatic heterocycles. The Balaban J connectivity index is 1.89. The normalized spacial score (nSPS) is 20.5. The van der Waals surface area contributed by atoms with Gasteiger partial charge in [0.25, 0.3) is 0 Å². The predicted molar refractivity (Wildman–Crippen MR) is 72.6 cm³/mol. The Morgan fingerprint density at radius 2 is 2.16 bits per heavy atom. The summed E-state index contributed by atoms with van der Waals surface area (Å²) in [6, 6.07) is 11.4. The highest BCUT2D eigenvalue weighted by Crippen LogP contribution is 2.21. The molecule has 0 saturated carbocycles. The Hall–Kier alpha value is -1.66. The fourth-order valence-corrected chi connectivity index (χ4v) is 2.46. The molecule has 1 fully saturated rings. The van der Waals surface area contributed by atoms with E-state index in [1.807, 2.05) is 30.3 Å². The first-order valence-electron chi connectivity index (χ1n) is 6.90. The number of nitriles is 1. The summed E-state index contributed by atoms with van der Waals surface area (Å²) in [6.07, 6.45) is 4.71. The first-order valence-corrected chi connectivity index (χ1v) is 6.90. The quantitative estimate of drug-likeness (QED) is 0.813. The molecular formula is C16H19NO2. The summed E-state index contributed by atoms with van der Waals surface area (Å²) in [5, 5.41) is 9.18. The van der Waals surface area contributed by atoms with Crippen molar-refractivity contribution in [3.05, 3.63) is 35.9 Å². The van der Waals surface area contributed by atoms with Crippen LogP contribution < -0.4 is 0 Å². The summed E-state index contributed by atoms with van der Waals surface area (Å²) in [4.78, 5) is 12.1. The molecule has 0 amide bonds. The van der Waals surface area contributed by atoms with Crippen LogP contribution in [0.3, 0.4) is 0 Å². The maximum Gasteiger partial charge on any atom is 0.154 e. The number of carbonyl (C=O) groups excluding carboxylic acids is 1. The molecule has 0 radical (unpaired) electrons. The van der Waals surface area contributed by atoms with E-state index in [9.17, 15) is 10.1 Å². The van der Waals surface area contributed by atoms with Gasteiger partial charge in [0.05, 0.1) is 12.2 Å². The third-order valence-electron chi connectivity index (χ3n) is 3.57. The molecule has 100 valence electrons. The van der Waals surface area contributed by atoms with Crippen molar-refractivity contribution in [3.8, 4) is 6.07 Å². The monoisotopic (exact) mass is 257 g/mol. The van der Waals surface area contributed by atoms with Crippen molar-refractivity contribution >= 4 is 5.78 Å². The predicted octanol–water partition coefficient (Wildman–Crippen LogP) is 3.21. The molecule has 1 heterocycles. The maximum absolute atomic E-state index is 12.1. The highest BCUT2D eigenvalue weighted by molar-refractivity contribution is 5.88. The fourth-order valence-electron chi connectivity index (χ4n) is 2.46. The molecule has 3 nitrogen and oxygen atoms in total. The van der Waals surface area contributed by atoms with Gasteiger partial charge in [-0.2, -0.15) is 5.26 Å². The zero-order chi connectivity index (χ0) is 13.5. The SMILES string of the molecule is N#CC(C(=O)CCC1CCCCO1)c1ccccc1. The summed E-state index contributed by atoms with van der Waals surface area (Å²) in [7, 11) is 0. The third-order valence-corrected chi connectivity index (χ3v) is 3.57. The van der Waals surface area contributed by atoms with Gasteiger partial charge in [-0.05, 0) is 31.2 Å². The molecule has 1 aliphatic heterocycles. The van der Waals surface area contributed by atoms with Crippen LogP contribution >= 0.6 is 0 Å². The van der Waals surface area contributed by atoms with E-state index < -0.39 is 5.92 Å². The molecule has 0 bridgehead atoms. The second-order valence-corrected chi connectivity index (χ2v) is 4.97. The van der Waals surface area contributed by atoms with Gasteiger partial charge in [0.2, 0.25) is 0 Å². The van der Waals surface area contributed by atoms with E-state index in [0.717, 1.165) is 31.4 Å². The summed E-state index contributed by atoms with van der Waals surface area (Å²) in [6.45, 7) is 0.805. The van der Waals surface area contributed by atoms with Crippen LogP contribution in [0.15, 0.2) is 30.3 Å². The van der Waals surface area contributed by atoms with E-state index in [0.29, 0.717) is 6.42 Å². The lowest BCUT2D eigenvalue weighted by molar-refractivity contribution is -0.120. The van der Waals surface area contributed by atoms with E-state index in [4.69, 9.17) is 4.74 Å². The summed E-state index contributed by atoms with van der Waals surface area (Å²) >= 11 is 0. The molecule has 1 saturated heterocycles. The number of benzene rings is 1. The first-order chi connectivity index (χ1) is 9.31. The number of ketones is 1. The largest absolute Gasteiger partial charge is 0.378 e. The summed E-state index contributed by atoms with van der Waals surface area (Å²) < 4.78 is 5.61. The van der Waals surface area contributed by atoms with E-state index in [1.165, 1.54) is 6.42 Å². The molecule has 1 aromatic carbocycles. The number of hydrogen-bond acceptors (Lipinski definition) is 3. The van der Waals surface area contributed by atoms with Crippen molar-refractivity contribution < 1.29 is 9.53 Å². The van der Waals surface area contributed by atoms with Gasteiger partial charge in [0, 0.05) is 13.0 Å². The second-order valence-electron chi connectivity index (χ2n) is 4.97. The zero-order valence-electron chi connectivity index (χ0n) is 11.0. The molecular weight excluding hydrogens is 238 g/mol. The number of hydrogen-bond donors (Lipinski definition) is 0. The molecule has 2 atom stereocenters. The van der Waals surface area contributed by atoms with Gasteiger partial charge in [0.15, 0.2) is 5.78 Å². The topological polar surface area (TPSA) is 50.1 Å². The van der Waals surface area contributed by atoms with Crippen molar-refractivity contribution in [2.24, 2.45) is 0 Å². The van der Waals surface area contributed by atoms with Crippen LogP contribution in [0, 0.1) is 11.3 Å². The lowest BCUT2D eigenvalue weighted by atomic mass is 9.92. The highest BCUT2D eigenvalue weighted by Gasteiger charge is 2.22. The lowest BCUT2D eigenvalue weighted by Gasteiger charge is -2.22. The van der Waals surface area contributed by atoms with Crippen molar-refractivity contribution in [2.75, 3.05) is 6.61 Å². The second kappa shape index (κ2) is 7.06. The van der Waals surface area contributed by atoms with E-state index in [-0.39, 0.29) is 11.9 Å². The van der Waals surface area contributed by atoms with E-state index in [2.05, 4.69) is 6.07 Å². The van der Waals surface area contributed by atoms with Gasteiger partial charge >= 0.3 is 0 Å². The number of ether oxygens (including phenoxy) is 1. The first kappa shape index (κ1) is 13.8. The number of Topliss-reactive ketones (excluding diaryl/α,β-unsaturated/α-hetero) is 1. The Kier molecular flexibility index (Phi) is 5.11. The van der Waals surface area contributed by atoms with Gasteiger partial charge in [-0.15, -0.1) is 0 Å². The molecule has 2 unspecified atom stereocenters. The van der Waals surface area contributed by atoms with Crippen molar-refractivity contribution in [1.82, 2.24) is 0 Å². The molecule has 3 heteroatoms.